The minimum Gasteiger partial charge on any atom is -0.383 e. The van der Waals surface area contributed by atoms with Gasteiger partial charge in [-0.2, -0.15) is 0 Å². The van der Waals surface area contributed by atoms with Crippen molar-refractivity contribution in [3.05, 3.63) is 24.0 Å². The number of rotatable bonds is 5. The van der Waals surface area contributed by atoms with Gasteiger partial charge in [0.1, 0.15) is 0 Å². The third-order valence-electron chi connectivity index (χ3n) is 2.99. The van der Waals surface area contributed by atoms with E-state index in [0.717, 1.165) is 18.8 Å². The molecular formula is C13H19N3O. The zero-order valence-electron chi connectivity index (χ0n) is 10.4. The second kappa shape index (κ2) is 5.17. The maximum absolute atomic E-state index is 12.3. The summed E-state index contributed by atoms with van der Waals surface area (Å²) in [6.45, 7) is 3.67. The van der Waals surface area contributed by atoms with Crippen molar-refractivity contribution in [1.29, 1.82) is 0 Å². The van der Waals surface area contributed by atoms with Gasteiger partial charge >= 0.3 is 0 Å². The molecule has 1 aliphatic rings. The van der Waals surface area contributed by atoms with E-state index in [4.69, 9.17) is 0 Å². The van der Waals surface area contributed by atoms with Crippen molar-refractivity contribution in [3.8, 4) is 0 Å². The Bertz CT molecular complexity index is 401. The van der Waals surface area contributed by atoms with E-state index < -0.39 is 0 Å². The summed E-state index contributed by atoms with van der Waals surface area (Å²) in [4.78, 5) is 18.1. The average molecular weight is 233 g/mol. The number of hydrogen-bond donors (Lipinski definition) is 1. The summed E-state index contributed by atoms with van der Waals surface area (Å²) in [5.74, 6) is 0.795. The summed E-state index contributed by atoms with van der Waals surface area (Å²) in [7, 11) is 1.87. The van der Waals surface area contributed by atoms with Crippen LogP contribution in [-0.2, 0) is 0 Å². The molecule has 1 amide bonds. The lowest BCUT2D eigenvalue weighted by atomic mass is 10.2. The molecule has 0 atom stereocenters. The van der Waals surface area contributed by atoms with E-state index in [-0.39, 0.29) is 5.91 Å². The fourth-order valence-electron chi connectivity index (χ4n) is 1.89. The third-order valence-corrected chi connectivity index (χ3v) is 2.99. The maximum Gasteiger partial charge on any atom is 0.255 e. The van der Waals surface area contributed by atoms with Crippen molar-refractivity contribution in [3.63, 3.8) is 0 Å². The molecule has 17 heavy (non-hydrogen) atoms. The highest BCUT2D eigenvalue weighted by atomic mass is 16.2. The Morgan fingerprint density at radius 2 is 2.35 bits per heavy atom. The smallest absolute Gasteiger partial charge is 0.255 e. The first-order valence-electron chi connectivity index (χ1n) is 6.15. The molecule has 1 aliphatic carbocycles. The molecule has 1 fully saturated rings. The first-order valence-corrected chi connectivity index (χ1v) is 6.15. The number of carbonyl (C=O) groups is 1. The van der Waals surface area contributed by atoms with Gasteiger partial charge in [-0.15, -0.1) is 0 Å². The van der Waals surface area contributed by atoms with E-state index in [2.05, 4.69) is 10.3 Å². The van der Waals surface area contributed by atoms with Crippen LogP contribution in [0.5, 0.6) is 0 Å². The predicted molar refractivity (Wildman–Crippen MR) is 68.1 cm³/mol. The first-order chi connectivity index (χ1) is 8.22. The molecule has 0 aromatic carbocycles. The number of carbonyl (C=O) groups excluding carboxylic acids is 1. The molecule has 0 bridgehead atoms. The summed E-state index contributed by atoms with van der Waals surface area (Å²) in [6.07, 6.45) is 5.89. The molecule has 0 unspecified atom stereocenters. The van der Waals surface area contributed by atoms with E-state index in [9.17, 15) is 4.79 Å². The van der Waals surface area contributed by atoms with Crippen molar-refractivity contribution in [2.75, 3.05) is 25.5 Å². The van der Waals surface area contributed by atoms with Gasteiger partial charge in [-0.1, -0.05) is 0 Å². The van der Waals surface area contributed by atoms with E-state index in [1.54, 1.807) is 18.5 Å². The molecule has 92 valence electrons. The number of hydrogen-bond acceptors (Lipinski definition) is 3. The van der Waals surface area contributed by atoms with Crippen molar-refractivity contribution < 1.29 is 4.79 Å². The molecule has 4 heteroatoms. The molecule has 0 saturated heterocycles. The molecule has 1 saturated carbocycles. The van der Waals surface area contributed by atoms with Gasteiger partial charge in [-0.25, -0.2) is 0 Å². The van der Waals surface area contributed by atoms with Gasteiger partial charge < -0.3 is 10.2 Å². The largest absolute Gasteiger partial charge is 0.383 e. The topological polar surface area (TPSA) is 45.2 Å². The fourth-order valence-corrected chi connectivity index (χ4v) is 1.89. The van der Waals surface area contributed by atoms with E-state index in [0.29, 0.717) is 11.5 Å². The summed E-state index contributed by atoms with van der Waals surface area (Å²) >= 11 is 0. The number of nitrogens with zero attached hydrogens (tertiary/aromatic N) is 2. The monoisotopic (exact) mass is 233 g/mol. The standard InChI is InChI=1S/C13H19N3O/c1-3-15-12-8-14-7-6-11(12)13(17)16(2)9-10-4-5-10/h6-8,10,15H,3-5,9H2,1-2H3. The quantitative estimate of drug-likeness (QED) is 0.846. The van der Waals surface area contributed by atoms with E-state index in [1.807, 2.05) is 18.9 Å². The van der Waals surface area contributed by atoms with Crippen LogP contribution >= 0.6 is 0 Å². The summed E-state index contributed by atoms with van der Waals surface area (Å²) in [5.41, 5.74) is 1.53. The molecule has 2 rings (SSSR count). The van der Waals surface area contributed by atoms with Gasteiger partial charge in [0.05, 0.1) is 17.4 Å². The van der Waals surface area contributed by atoms with Crippen LogP contribution in [0.25, 0.3) is 0 Å². The number of anilines is 1. The van der Waals surface area contributed by atoms with Crippen molar-refractivity contribution >= 4 is 11.6 Å². The van der Waals surface area contributed by atoms with Crippen molar-refractivity contribution in [2.24, 2.45) is 5.92 Å². The summed E-state index contributed by atoms with van der Waals surface area (Å²) in [5, 5.41) is 3.17. The van der Waals surface area contributed by atoms with Gasteiger partial charge in [-0.3, -0.25) is 9.78 Å². The van der Waals surface area contributed by atoms with E-state index in [1.165, 1.54) is 12.8 Å². The van der Waals surface area contributed by atoms with E-state index >= 15 is 0 Å². The van der Waals surface area contributed by atoms with Crippen LogP contribution in [0.3, 0.4) is 0 Å². The minimum absolute atomic E-state index is 0.0789. The molecular weight excluding hydrogens is 214 g/mol. The van der Waals surface area contributed by atoms with Crippen LogP contribution in [0.1, 0.15) is 30.1 Å². The van der Waals surface area contributed by atoms with Crippen LogP contribution < -0.4 is 5.32 Å². The number of amides is 1. The normalized spacial score (nSPS) is 14.5. The Balaban J connectivity index is 2.10. The molecule has 1 N–H and O–H groups in total. The molecule has 0 radical (unpaired) electrons. The molecule has 0 aliphatic heterocycles. The molecule has 4 nitrogen and oxygen atoms in total. The van der Waals surface area contributed by atoms with Gasteiger partial charge in [-0.05, 0) is 31.7 Å². The van der Waals surface area contributed by atoms with Crippen molar-refractivity contribution in [1.82, 2.24) is 9.88 Å². The minimum atomic E-state index is 0.0789. The fraction of sp³-hybridized carbons (Fsp3) is 0.538. The zero-order chi connectivity index (χ0) is 12.3. The molecule has 1 aromatic heterocycles. The second-order valence-corrected chi connectivity index (χ2v) is 4.58. The Hall–Kier alpha value is -1.58. The van der Waals surface area contributed by atoms with Gasteiger partial charge in [0.15, 0.2) is 0 Å². The Morgan fingerprint density at radius 1 is 1.59 bits per heavy atom. The molecule has 1 aromatic rings. The summed E-state index contributed by atoms with van der Waals surface area (Å²) in [6, 6.07) is 1.78. The molecule has 1 heterocycles. The highest BCUT2D eigenvalue weighted by molar-refractivity contribution is 5.99. The van der Waals surface area contributed by atoms with Crippen LogP contribution in [0.2, 0.25) is 0 Å². The van der Waals surface area contributed by atoms with Crippen LogP contribution in [-0.4, -0.2) is 35.9 Å². The Kier molecular flexibility index (Phi) is 3.61. The molecule has 0 spiro atoms. The lowest BCUT2D eigenvalue weighted by Gasteiger charge is -2.18. The zero-order valence-corrected chi connectivity index (χ0v) is 10.4. The third kappa shape index (κ3) is 2.96. The Morgan fingerprint density at radius 3 is 3.00 bits per heavy atom. The van der Waals surface area contributed by atoms with Crippen LogP contribution in [0, 0.1) is 5.92 Å². The number of pyridine rings is 1. The first kappa shape index (κ1) is 11.9. The van der Waals surface area contributed by atoms with Gasteiger partial charge in [0, 0.05) is 26.3 Å². The van der Waals surface area contributed by atoms with Crippen LogP contribution in [0.4, 0.5) is 5.69 Å². The highest BCUT2D eigenvalue weighted by Gasteiger charge is 2.25. The van der Waals surface area contributed by atoms with Gasteiger partial charge in [0.25, 0.3) is 5.91 Å². The van der Waals surface area contributed by atoms with Gasteiger partial charge in [0.2, 0.25) is 0 Å². The SMILES string of the molecule is CCNc1cnccc1C(=O)N(C)CC1CC1. The lowest BCUT2D eigenvalue weighted by Crippen LogP contribution is -2.29. The Labute approximate surface area is 102 Å². The second-order valence-electron chi connectivity index (χ2n) is 4.58. The number of nitrogens with one attached hydrogen (secondary N) is 1. The van der Waals surface area contributed by atoms with Crippen molar-refractivity contribution in [2.45, 2.75) is 19.8 Å². The van der Waals surface area contributed by atoms with Crippen LogP contribution in [0.15, 0.2) is 18.5 Å². The number of aromatic nitrogens is 1. The average Bonchev–Trinajstić information content (AvgIpc) is 3.13. The predicted octanol–water partition coefficient (Wildman–Crippen LogP) is 2.00. The lowest BCUT2D eigenvalue weighted by molar-refractivity contribution is 0.0789. The maximum atomic E-state index is 12.3. The highest BCUT2D eigenvalue weighted by Crippen LogP contribution is 2.30. The summed E-state index contributed by atoms with van der Waals surface area (Å²) < 4.78 is 0.